The molecule has 0 bridgehead atoms. The second-order valence-corrected chi connectivity index (χ2v) is 3.42. The van der Waals surface area contributed by atoms with Gasteiger partial charge < -0.3 is 19.6 Å². The van der Waals surface area contributed by atoms with Crippen molar-refractivity contribution in [2.75, 3.05) is 13.6 Å². The molecule has 2 N–H and O–H groups in total. The van der Waals surface area contributed by atoms with Crippen molar-refractivity contribution in [1.82, 2.24) is 10.1 Å². The molecule has 0 aliphatic rings. The van der Waals surface area contributed by atoms with Crippen LogP contribution in [-0.2, 0) is 0 Å². The standard InChI is InChI=1S/C9H12N2O5/c1-5(12)4-11(2)8(13)6-3-7(9(14)15)16-10-6/h3,5,12H,4H2,1-2H3,(H,14,15). The molecule has 1 aromatic rings. The second-order valence-electron chi connectivity index (χ2n) is 3.42. The molecular weight excluding hydrogens is 216 g/mol. The quantitative estimate of drug-likeness (QED) is 0.741. The summed E-state index contributed by atoms with van der Waals surface area (Å²) in [6, 6.07) is 1.04. The van der Waals surface area contributed by atoms with E-state index in [0.717, 1.165) is 6.07 Å². The van der Waals surface area contributed by atoms with E-state index < -0.39 is 23.7 Å². The van der Waals surface area contributed by atoms with Crippen molar-refractivity contribution in [3.05, 3.63) is 17.5 Å². The molecule has 16 heavy (non-hydrogen) atoms. The molecule has 1 atom stereocenters. The third-order valence-corrected chi connectivity index (χ3v) is 1.82. The predicted octanol–water partition coefficient (Wildman–Crippen LogP) is -0.174. The minimum absolute atomic E-state index is 0.0967. The smallest absolute Gasteiger partial charge is 0.374 e. The number of aliphatic hydroxyl groups is 1. The Morgan fingerprint density at radius 3 is 2.69 bits per heavy atom. The highest BCUT2D eigenvalue weighted by Crippen LogP contribution is 2.06. The maximum Gasteiger partial charge on any atom is 0.374 e. The number of nitrogens with zero attached hydrogens (tertiary/aromatic N) is 2. The number of aromatic carboxylic acids is 1. The molecule has 1 aromatic heterocycles. The molecule has 1 unspecified atom stereocenters. The summed E-state index contributed by atoms with van der Waals surface area (Å²) in [7, 11) is 1.48. The van der Waals surface area contributed by atoms with E-state index in [9.17, 15) is 9.59 Å². The summed E-state index contributed by atoms with van der Waals surface area (Å²) in [5, 5.41) is 21.0. The van der Waals surface area contributed by atoms with Gasteiger partial charge in [-0.15, -0.1) is 0 Å². The normalized spacial score (nSPS) is 12.2. The Hall–Kier alpha value is -1.89. The Morgan fingerprint density at radius 2 is 2.25 bits per heavy atom. The number of hydrogen-bond donors (Lipinski definition) is 2. The molecule has 0 saturated carbocycles. The van der Waals surface area contributed by atoms with Gasteiger partial charge in [0, 0.05) is 19.7 Å². The van der Waals surface area contributed by atoms with E-state index in [2.05, 4.69) is 9.68 Å². The fourth-order valence-corrected chi connectivity index (χ4v) is 1.15. The molecule has 88 valence electrons. The van der Waals surface area contributed by atoms with Gasteiger partial charge in [-0.1, -0.05) is 5.16 Å². The minimum Gasteiger partial charge on any atom is -0.475 e. The molecule has 7 nitrogen and oxygen atoms in total. The van der Waals surface area contributed by atoms with Gasteiger partial charge in [-0.2, -0.15) is 0 Å². The average molecular weight is 228 g/mol. The molecule has 1 rings (SSSR count). The van der Waals surface area contributed by atoms with Gasteiger partial charge in [-0.3, -0.25) is 4.79 Å². The van der Waals surface area contributed by atoms with Crippen molar-refractivity contribution in [2.45, 2.75) is 13.0 Å². The van der Waals surface area contributed by atoms with E-state index in [1.54, 1.807) is 0 Å². The van der Waals surface area contributed by atoms with Crippen LogP contribution in [0.25, 0.3) is 0 Å². The third-order valence-electron chi connectivity index (χ3n) is 1.82. The summed E-state index contributed by atoms with van der Waals surface area (Å²) in [6.45, 7) is 1.67. The Bertz CT molecular complexity index is 398. The Morgan fingerprint density at radius 1 is 1.62 bits per heavy atom. The van der Waals surface area contributed by atoms with Crippen LogP contribution in [0.1, 0.15) is 28.0 Å². The SMILES string of the molecule is CC(O)CN(C)C(=O)c1cc(C(=O)O)on1. The number of carbonyl (C=O) groups excluding carboxylic acids is 1. The summed E-state index contributed by atoms with van der Waals surface area (Å²) in [5.74, 6) is -2.18. The maximum absolute atomic E-state index is 11.6. The van der Waals surface area contributed by atoms with Gasteiger partial charge >= 0.3 is 5.97 Å². The molecule has 1 amide bonds. The van der Waals surface area contributed by atoms with Gasteiger partial charge in [0.05, 0.1) is 6.10 Å². The zero-order chi connectivity index (χ0) is 12.3. The molecule has 0 saturated heterocycles. The lowest BCUT2D eigenvalue weighted by molar-refractivity contribution is 0.0646. The number of carboxylic acid groups (broad SMARTS) is 1. The third kappa shape index (κ3) is 2.80. The van der Waals surface area contributed by atoms with Gasteiger partial charge in [0.2, 0.25) is 5.76 Å². The largest absolute Gasteiger partial charge is 0.475 e. The lowest BCUT2D eigenvalue weighted by Crippen LogP contribution is -2.33. The van der Waals surface area contributed by atoms with Crippen molar-refractivity contribution in [3.8, 4) is 0 Å². The van der Waals surface area contributed by atoms with Crippen LogP contribution >= 0.6 is 0 Å². The number of hydrogen-bond acceptors (Lipinski definition) is 5. The summed E-state index contributed by atoms with van der Waals surface area (Å²) < 4.78 is 4.44. The zero-order valence-electron chi connectivity index (χ0n) is 8.88. The summed E-state index contributed by atoms with van der Waals surface area (Å²) >= 11 is 0. The van der Waals surface area contributed by atoms with E-state index in [4.69, 9.17) is 10.2 Å². The Kier molecular flexibility index (Phi) is 3.62. The first kappa shape index (κ1) is 12.2. The van der Waals surface area contributed by atoms with Crippen molar-refractivity contribution in [1.29, 1.82) is 0 Å². The Balaban J connectivity index is 2.76. The van der Waals surface area contributed by atoms with E-state index in [1.165, 1.54) is 18.9 Å². The number of likely N-dealkylation sites (N-methyl/N-ethyl adjacent to an activating group) is 1. The summed E-state index contributed by atoms with van der Waals surface area (Å²) in [4.78, 5) is 23.3. The molecule has 7 heteroatoms. The van der Waals surface area contributed by atoms with Gasteiger partial charge in [-0.25, -0.2) is 4.79 Å². The molecule has 1 heterocycles. The van der Waals surface area contributed by atoms with Crippen LogP contribution in [0.4, 0.5) is 0 Å². The first-order valence-corrected chi connectivity index (χ1v) is 4.55. The summed E-state index contributed by atoms with van der Waals surface area (Å²) in [5.41, 5.74) is -0.0967. The lowest BCUT2D eigenvalue weighted by atomic mass is 10.3. The second kappa shape index (κ2) is 4.75. The number of amides is 1. The van der Waals surface area contributed by atoms with Crippen LogP contribution in [0.5, 0.6) is 0 Å². The maximum atomic E-state index is 11.6. The molecular formula is C9H12N2O5. The molecule has 0 spiro atoms. The van der Waals surface area contributed by atoms with E-state index in [-0.39, 0.29) is 12.2 Å². The molecule has 0 aromatic carbocycles. The first-order chi connectivity index (χ1) is 7.41. The average Bonchev–Trinajstić information content (AvgIpc) is 2.64. The van der Waals surface area contributed by atoms with Crippen molar-refractivity contribution < 1.29 is 24.3 Å². The number of aliphatic hydroxyl groups excluding tert-OH is 1. The topological polar surface area (TPSA) is 104 Å². The van der Waals surface area contributed by atoms with Gasteiger partial charge in [0.1, 0.15) is 0 Å². The van der Waals surface area contributed by atoms with Gasteiger partial charge in [0.15, 0.2) is 5.69 Å². The summed E-state index contributed by atoms with van der Waals surface area (Å²) in [6.07, 6.45) is -0.667. The number of carbonyl (C=O) groups is 2. The highest BCUT2D eigenvalue weighted by molar-refractivity contribution is 5.94. The van der Waals surface area contributed by atoms with E-state index in [0.29, 0.717) is 0 Å². The van der Waals surface area contributed by atoms with Crippen molar-refractivity contribution >= 4 is 11.9 Å². The van der Waals surface area contributed by atoms with Crippen LogP contribution in [0, 0.1) is 0 Å². The van der Waals surface area contributed by atoms with Crippen LogP contribution in [0.2, 0.25) is 0 Å². The predicted molar refractivity (Wildman–Crippen MR) is 52.1 cm³/mol. The highest BCUT2D eigenvalue weighted by atomic mass is 16.5. The van der Waals surface area contributed by atoms with Gasteiger partial charge in [0.25, 0.3) is 5.91 Å². The van der Waals surface area contributed by atoms with Crippen LogP contribution in [0.3, 0.4) is 0 Å². The van der Waals surface area contributed by atoms with Crippen LogP contribution < -0.4 is 0 Å². The van der Waals surface area contributed by atoms with Crippen molar-refractivity contribution in [3.63, 3.8) is 0 Å². The minimum atomic E-state index is -1.29. The van der Waals surface area contributed by atoms with Gasteiger partial charge in [-0.05, 0) is 6.92 Å². The fraction of sp³-hybridized carbons (Fsp3) is 0.444. The molecule has 0 aliphatic heterocycles. The van der Waals surface area contributed by atoms with E-state index in [1.807, 2.05) is 0 Å². The zero-order valence-corrected chi connectivity index (χ0v) is 8.88. The fourth-order valence-electron chi connectivity index (χ4n) is 1.15. The first-order valence-electron chi connectivity index (χ1n) is 4.55. The van der Waals surface area contributed by atoms with Crippen molar-refractivity contribution in [2.24, 2.45) is 0 Å². The number of rotatable bonds is 4. The highest BCUT2D eigenvalue weighted by Gasteiger charge is 2.20. The molecule has 0 radical (unpaired) electrons. The monoisotopic (exact) mass is 228 g/mol. The lowest BCUT2D eigenvalue weighted by Gasteiger charge is -2.16. The molecule has 0 fully saturated rings. The number of carboxylic acids is 1. The van der Waals surface area contributed by atoms with E-state index >= 15 is 0 Å². The van der Waals surface area contributed by atoms with Crippen LogP contribution in [-0.4, -0.2) is 51.8 Å². The van der Waals surface area contributed by atoms with Crippen LogP contribution in [0.15, 0.2) is 10.6 Å². The number of aromatic nitrogens is 1. The Labute approximate surface area is 91.3 Å². The molecule has 0 aliphatic carbocycles.